The van der Waals surface area contributed by atoms with Gasteiger partial charge in [-0.2, -0.15) is 0 Å². The summed E-state index contributed by atoms with van der Waals surface area (Å²) in [6, 6.07) is 12.5. The Kier molecular flexibility index (Phi) is 8.59. The van der Waals surface area contributed by atoms with Crippen molar-refractivity contribution in [1.82, 2.24) is 5.16 Å². The minimum atomic E-state index is -0.982. The number of Topliss-reactive ketones (excluding diaryl/α,β-unsaturated/α-hetero) is 1. The zero-order valence-electron chi connectivity index (χ0n) is 22.9. The quantitative estimate of drug-likeness (QED) is 0.186. The summed E-state index contributed by atoms with van der Waals surface area (Å²) in [7, 11) is 1.52. The van der Waals surface area contributed by atoms with E-state index in [2.05, 4.69) is 19.0 Å². The van der Waals surface area contributed by atoms with Crippen LogP contribution in [0.5, 0.6) is 17.2 Å². The monoisotopic (exact) mass is 534 g/mol. The van der Waals surface area contributed by atoms with Crippen molar-refractivity contribution in [2.75, 3.05) is 25.2 Å². The Morgan fingerprint density at radius 2 is 1.79 bits per heavy atom. The number of nitrogens with zero attached hydrogens (tertiary/aromatic N) is 2. The van der Waals surface area contributed by atoms with Crippen molar-refractivity contribution in [3.63, 3.8) is 0 Å². The maximum atomic E-state index is 13.4. The number of aryl methyl sites for hydroxylation is 1. The summed E-state index contributed by atoms with van der Waals surface area (Å²) >= 11 is 0. The molecule has 0 unspecified atom stereocenters. The van der Waals surface area contributed by atoms with Gasteiger partial charge in [0.25, 0.3) is 5.78 Å². The molecule has 4 rings (SSSR count). The molecule has 3 aromatic rings. The molecule has 1 aliphatic heterocycles. The number of hydrogen-bond acceptors (Lipinski definition) is 8. The molecule has 2 heterocycles. The molecule has 0 aliphatic carbocycles. The average molecular weight is 535 g/mol. The summed E-state index contributed by atoms with van der Waals surface area (Å²) in [5.74, 6) is 0.774. The van der Waals surface area contributed by atoms with Crippen LogP contribution in [0, 0.1) is 12.8 Å². The fourth-order valence-corrected chi connectivity index (χ4v) is 4.31. The number of aliphatic hydroxyl groups is 1. The van der Waals surface area contributed by atoms with E-state index in [1.807, 2.05) is 6.92 Å². The van der Waals surface area contributed by atoms with E-state index in [0.717, 1.165) is 12.8 Å². The number of methoxy groups -OCH3 is 1. The van der Waals surface area contributed by atoms with Gasteiger partial charge in [0.15, 0.2) is 17.3 Å². The van der Waals surface area contributed by atoms with Crippen LogP contribution in [0.1, 0.15) is 56.5 Å². The van der Waals surface area contributed by atoms with Gasteiger partial charge in [0.05, 0.1) is 31.9 Å². The topological polar surface area (TPSA) is 111 Å². The van der Waals surface area contributed by atoms with E-state index in [4.69, 9.17) is 18.7 Å². The lowest BCUT2D eigenvalue weighted by Gasteiger charge is -2.24. The standard InChI is InChI=1S/C30H34N2O7/c1-6-14-37-22-10-7-20(8-11-22)28(33)26-27(32(30(35)29(26)34)25-16-19(4)39-31-25)21-9-12-23(24(17-21)36-5)38-15-13-18(2)3/h7-12,16-18,27,33H,6,13-15H2,1-5H3/t27-/m1/s1. The zero-order chi connectivity index (χ0) is 28.1. The Bertz CT molecular complexity index is 1360. The van der Waals surface area contributed by atoms with Gasteiger partial charge < -0.3 is 23.8 Å². The minimum Gasteiger partial charge on any atom is -0.507 e. The molecule has 1 atom stereocenters. The summed E-state index contributed by atoms with van der Waals surface area (Å²) in [5, 5.41) is 15.3. The number of aliphatic hydroxyl groups excluding tert-OH is 1. The van der Waals surface area contributed by atoms with Crippen molar-refractivity contribution in [2.45, 2.75) is 46.6 Å². The first kappa shape index (κ1) is 27.8. The normalized spacial score (nSPS) is 16.7. The van der Waals surface area contributed by atoms with Crippen LogP contribution in [0.4, 0.5) is 5.82 Å². The SMILES string of the molecule is CCCOc1ccc(C(O)=C2C(=O)C(=O)N(c3cc(C)on3)[C@@H]2c2ccc(OCCC(C)C)c(OC)c2)cc1. The van der Waals surface area contributed by atoms with E-state index >= 15 is 0 Å². The van der Waals surface area contributed by atoms with Crippen molar-refractivity contribution < 1.29 is 33.4 Å². The summed E-state index contributed by atoms with van der Waals surface area (Å²) in [6.07, 6.45) is 1.73. The first-order valence-corrected chi connectivity index (χ1v) is 13.0. The average Bonchev–Trinajstić information content (AvgIpc) is 3.47. The highest BCUT2D eigenvalue weighted by Crippen LogP contribution is 2.44. The van der Waals surface area contributed by atoms with Crippen LogP contribution in [-0.4, -0.2) is 42.3 Å². The van der Waals surface area contributed by atoms with E-state index in [-0.39, 0.29) is 17.2 Å². The highest BCUT2D eigenvalue weighted by Gasteiger charge is 2.48. The van der Waals surface area contributed by atoms with E-state index in [0.29, 0.717) is 53.3 Å². The Hall–Kier alpha value is -4.27. The predicted octanol–water partition coefficient (Wildman–Crippen LogP) is 5.83. The van der Waals surface area contributed by atoms with Crippen LogP contribution in [0.15, 0.2) is 58.6 Å². The van der Waals surface area contributed by atoms with E-state index < -0.39 is 17.7 Å². The molecule has 0 bridgehead atoms. The van der Waals surface area contributed by atoms with E-state index in [1.54, 1.807) is 55.5 Å². The molecular formula is C30H34N2O7. The lowest BCUT2D eigenvalue weighted by atomic mass is 9.95. The van der Waals surface area contributed by atoms with Gasteiger partial charge in [-0.3, -0.25) is 14.5 Å². The number of ketones is 1. The second-order valence-electron chi connectivity index (χ2n) is 9.78. The van der Waals surface area contributed by atoms with Gasteiger partial charge in [-0.25, -0.2) is 0 Å². The number of aromatic nitrogens is 1. The number of benzene rings is 2. The van der Waals surface area contributed by atoms with Crippen molar-refractivity contribution >= 4 is 23.3 Å². The Morgan fingerprint density at radius 1 is 1.05 bits per heavy atom. The number of rotatable bonds is 11. The lowest BCUT2D eigenvalue weighted by molar-refractivity contribution is -0.132. The smallest absolute Gasteiger partial charge is 0.301 e. The first-order chi connectivity index (χ1) is 18.7. The number of anilines is 1. The number of carbonyl (C=O) groups excluding carboxylic acids is 2. The molecule has 1 N–H and O–H groups in total. The van der Waals surface area contributed by atoms with Gasteiger partial charge in [-0.15, -0.1) is 0 Å². The largest absolute Gasteiger partial charge is 0.507 e. The van der Waals surface area contributed by atoms with Crippen molar-refractivity contribution in [3.8, 4) is 17.2 Å². The third kappa shape index (κ3) is 5.92. The van der Waals surface area contributed by atoms with Gasteiger partial charge in [0.2, 0.25) is 0 Å². The Morgan fingerprint density at radius 3 is 2.41 bits per heavy atom. The first-order valence-electron chi connectivity index (χ1n) is 13.0. The lowest BCUT2D eigenvalue weighted by Crippen LogP contribution is -2.29. The van der Waals surface area contributed by atoms with E-state index in [9.17, 15) is 14.7 Å². The molecule has 1 amide bonds. The molecule has 1 aromatic heterocycles. The number of hydrogen-bond donors (Lipinski definition) is 1. The molecule has 0 spiro atoms. The fourth-order valence-electron chi connectivity index (χ4n) is 4.31. The summed E-state index contributed by atoms with van der Waals surface area (Å²) in [4.78, 5) is 27.9. The molecule has 2 aromatic carbocycles. The Labute approximate surface area is 228 Å². The molecule has 9 nitrogen and oxygen atoms in total. The van der Waals surface area contributed by atoms with Crippen LogP contribution in [0.25, 0.3) is 5.76 Å². The van der Waals surface area contributed by atoms with Gasteiger partial charge >= 0.3 is 5.91 Å². The van der Waals surface area contributed by atoms with Crippen molar-refractivity contribution in [1.29, 1.82) is 0 Å². The summed E-state index contributed by atoms with van der Waals surface area (Å²) in [6.45, 7) is 9.01. The van der Waals surface area contributed by atoms with Crippen molar-refractivity contribution in [2.24, 2.45) is 5.92 Å². The highest BCUT2D eigenvalue weighted by atomic mass is 16.5. The second-order valence-corrected chi connectivity index (χ2v) is 9.78. The summed E-state index contributed by atoms with van der Waals surface area (Å²) in [5.41, 5.74) is 0.838. The van der Waals surface area contributed by atoms with Crippen LogP contribution in [-0.2, 0) is 9.59 Å². The second kappa shape index (κ2) is 12.1. The molecule has 1 aliphatic rings. The molecule has 1 saturated heterocycles. The Balaban J connectivity index is 1.80. The fraction of sp³-hybridized carbons (Fsp3) is 0.367. The van der Waals surface area contributed by atoms with Crippen molar-refractivity contribution in [3.05, 3.63) is 71.0 Å². The van der Waals surface area contributed by atoms with Crippen LogP contribution < -0.4 is 19.1 Å². The third-order valence-electron chi connectivity index (χ3n) is 6.36. The molecule has 39 heavy (non-hydrogen) atoms. The maximum absolute atomic E-state index is 13.4. The van der Waals surface area contributed by atoms with E-state index in [1.165, 1.54) is 12.0 Å². The van der Waals surface area contributed by atoms with Gasteiger partial charge in [-0.05, 0) is 67.6 Å². The van der Waals surface area contributed by atoms with Crippen LogP contribution in [0.2, 0.25) is 0 Å². The zero-order valence-corrected chi connectivity index (χ0v) is 22.9. The molecule has 0 saturated carbocycles. The molecular weight excluding hydrogens is 500 g/mol. The highest BCUT2D eigenvalue weighted by molar-refractivity contribution is 6.51. The summed E-state index contributed by atoms with van der Waals surface area (Å²) < 4.78 is 22.3. The number of amides is 1. The number of carbonyl (C=O) groups is 2. The predicted molar refractivity (Wildman–Crippen MR) is 146 cm³/mol. The maximum Gasteiger partial charge on any atom is 0.301 e. The van der Waals surface area contributed by atoms with Gasteiger partial charge in [-0.1, -0.05) is 32.0 Å². The van der Waals surface area contributed by atoms with Gasteiger partial charge in [0.1, 0.15) is 17.3 Å². The third-order valence-corrected chi connectivity index (χ3v) is 6.36. The van der Waals surface area contributed by atoms with Gasteiger partial charge in [0, 0.05) is 11.6 Å². The number of ether oxygens (including phenoxy) is 3. The van der Waals surface area contributed by atoms with Crippen LogP contribution in [0.3, 0.4) is 0 Å². The molecule has 1 fully saturated rings. The molecule has 206 valence electrons. The minimum absolute atomic E-state index is 0.0709. The molecule has 0 radical (unpaired) electrons. The van der Waals surface area contributed by atoms with Crippen LogP contribution >= 0.6 is 0 Å². The molecule has 9 heteroatoms.